The van der Waals surface area contributed by atoms with Gasteiger partial charge in [0.2, 0.25) is 0 Å². The molecule has 9 heteroatoms. The first-order chi connectivity index (χ1) is 14.0. The monoisotopic (exact) mass is 408 g/mol. The number of carbonyl (C=O) groups excluding carboxylic acids is 1. The SMILES string of the molecule is CCNC(=NCC(O)c1cc(OC)cc(OC)c1)NC1CCN(C(=O)OC)CC1. The smallest absolute Gasteiger partial charge is 0.409 e. The van der Waals surface area contributed by atoms with Gasteiger partial charge in [-0.1, -0.05) is 0 Å². The molecule has 1 fully saturated rings. The van der Waals surface area contributed by atoms with Crippen LogP contribution in [-0.2, 0) is 4.74 Å². The van der Waals surface area contributed by atoms with Crippen molar-refractivity contribution in [1.29, 1.82) is 0 Å². The largest absolute Gasteiger partial charge is 0.497 e. The molecule has 1 amide bonds. The predicted octanol–water partition coefficient (Wildman–Crippen LogP) is 1.52. The minimum atomic E-state index is -0.796. The summed E-state index contributed by atoms with van der Waals surface area (Å²) in [5.74, 6) is 1.87. The zero-order chi connectivity index (χ0) is 21.2. The van der Waals surface area contributed by atoms with Crippen molar-refractivity contribution in [3.63, 3.8) is 0 Å². The van der Waals surface area contributed by atoms with E-state index in [9.17, 15) is 9.90 Å². The maximum absolute atomic E-state index is 11.6. The number of ether oxygens (including phenoxy) is 3. The Morgan fingerprint density at radius 2 is 1.83 bits per heavy atom. The van der Waals surface area contributed by atoms with E-state index in [-0.39, 0.29) is 18.7 Å². The number of nitrogens with zero attached hydrogens (tertiary/aromatic N) is 2. The number of hydrogen-bond acceptors (Lipinski definition) is 6. The van der Waals surface area contributed by atoms with Crippen LogP contribution in [0.1, 0.15) is 31.4 Å². The van der Waals surface area contributed by atoms with Gasteiger partial charge in [-0.2, -0.15) is 0 Å². The Bertz CT molecular complexity index is 667. The third-order valence-corrected chi connectivity index (χ3v) is 4.79. The Hall–Kier alpha value is -2.68. The number of guanidine groups is 1. The molecule has 1 unspecified atom stereocenters. The summed E-state index contributed by atoms with van der Waals surface area (Å²) < 4.78 is 15.3. The van der Waals surface area contributed by atoms with Gasteiger partial charge in [-0.15, -0.1) is 0 Å². The molecule has 3 N–H and O–H groups in total. The Balaban J connectivity index is 1.97. The average molecular weight is 408 g/mol. The van der Waals surface area contributed by atoms with Crippen molar-refractivity contribution in [3.8, 4) is 11.5 Å². The van der Waals surface area contributed by atoms with E-state index in [1.54, 1.807) is 37.3 Å². The first-order valence-corrected chi connectivity index (χ1v) is 9.79. The number of piperidine rings is 1. The Labute approximate surface area is 172 Å². The molecule has 2 rings (SSSR count). The third kappa shape index (κ3) is 6.70. The zero-order valence-corrected chi connectivity index (χ0v) is 17.6. The summed E-state index contributed by atoms with van der Waals surface area (Å²) in [6, 6.07) is 5.49. The summed E-state index contributed by atoms with van der Waals surface area (Å²) in [7, 11) is 4.54. The molecular formula is C20H32N4O5. The van der Waals surface area contributed by atoms with E-state index in [1.165, 1.54) is 7.11 Å². The van der Waals surface area contributed by atoms with Crippen molar-refractivity contribution in [2.45, 2.75) is 31.9 Å². The molecule has 1 aromatic rings. The van der Waals surface area contributed by atoms with Gasteiger partial charge < -0.3 is 34.9 Å². The number of methoxy groups -OCH3 is 3. The van der Waals surface area contributed by atoms with Crippen LogP contribution in [0.2, 0.25) is 0 Å². The Morgan fingerprint density at radius 1 is 1.21 bits per heavy atom. The number of hydrogen-bond donors (Lipinski definition) is 3. The summed E-state index contributed by atoms with van der Waals surface area (Å²) in [4.78, 5) is 17.8. The summed E-state index contributed by atoms with van der Waals surface area (Å²) in [6.07, 6.45) is 0.515. The highest BCUT2D eigenvalue weighted by molar-refractivity contribution is 5.80. The van der Waals surface area contributed by atoms with Crippen LogP contribution in [0.15, 0.2) is 23.2 Å². The molecule has 1 atom stereocenters. The zero-order valence-electron chi connectivity index (χ0n) is 17.6. The molecule has 0 aliphatic carbocycles. The second-order valence-electron chi connectivity index (χ2n) is 6.76. The summed E-state index contributed by atoms with van der Waals surface area (Å²) >= 11 is 0. The lowest BCUT2D eigenvalue weighted by molar-refractivity contribution is 0.111. The van der Waals surface area contributed by atoms with Crippen LogP contribution in [0.25, 0.3) is 0 Å². The van der Waals surface area contributed by atoms with Crippen LogP contribution in [0.4, 0.5) is 4.79 Å². The molecule has 1 aliphatic rings. The van der Waals surface area contributed by atoms with Crippen molar-refractivity contribution < 1.29 is 24.1 Å². The van der Waals surface area contributed by atoms with Crippen LogP contribution < -0.4 is 20.1 Å². The second-order valence-corrected chi connectivity index (χ2v) is 6.76. The molecule has 29 heavy (non-hydrogen) atoms. The standard InChI is InChI=1S/C20H32N4O5/c1-5-21-19(23-15-6-8-24(9-7-15)20(26)29-4)22-13-18(25)14-10-16(27-2)12-17(11-14)28-3/h10-12,15,18,25H,5-9,13H2,1-4H3,(H2,21,22,23). The maximum atomic E-state index is 11.6. The van der Waals surface area contributed by atoms with Gasteiger partial charge in [0.15, 0.2) is 5.96 Å². The summed E-state index contributed by atoms with van der Waals surface area (Å²) in [5, 5.41) is 17.2. The van der Waals surface area contributed by atoms with E-state index in [1.807, 2.05) is 6.92 Å². The molecule has 1 aliphatic heterocycles. The van der Waals surface area contributed by atoms with E-state index in [4.69, 9.17) is 14.2 Å². The molecule has 1 heterocycles. The van der Waals surface area contributed by atoms with E-state index >= 15 is 0 Å². The normalized spacial score (nSPS) is 16.2. The van der Waals surface area contributed by atoms with Gasteiger partial charge in [0.25, 0.3) is 0 Å². The van der Waals surface area contributed by atoms with Crippen LogP contribution in [0.5, 0.6) is 11.5 Å². The molecule has 0 saturated carbocycles. The summed E-state index contributed by atoms with van der Waals surface area (Å²) in [5.41, 5.74) is 0.673. The fraction of sp³-hybridized carbons (Fsp3) is 0.600. The van der Waals surface area contributed by atoms with Crippen LogP contribution in [0, 0.1) is 0 Å². The van der Waals surface area contributed by atoms with E-state index in [2.05, 4.69) is 15.6 Å². The van der Waals surface area contributed by atoms with Gasteiger partial charge in [-0.05, 0) is 37.5 Å². The van der Waals surface area contributed by atoms with E-state index < -0.39 is 6.10 Å². The highest BCUT2D eigenvalue weighted by Crippen LogP contribution is 2.26. The van der Waals surface area contributed by atoms with Crippen molar-refractivity contribution in [3.05, 3.63) is 23.8 Å². The molecule has 0 radical (unpaired) electrons. The quantitative estimate of drug-likeness (QED) is 0.464. The minimum Gasteiger partial charge on any atom is -0.497 e. The molecule has 0 aromatic heterocycles. The lowest BCUT2D eigenvalue weighted by atomic mass is 10.1. The number of benzene rings is 1. The predicted molar refractivity (Wildman–Crippen MR) is 111 cm³/mol. The Morgan fingerprint density at radius 3 is 2.34 bits per heavy atom. The molecule has 0 bridgehead atoms. The van der Waals surface area contributed by atoms with E-state index in [0.717, 1.165) is 12.8 Å². The third-order valence-electron chi connectivity index (χ3n) is 4.79. The fourth-order valence-corrected chi connectivity index (χ4v) is 3.15. The van der Waals surface area contributed by atoms with Gasteiger partial charge in [-0.3, -0.25) is 4.99 Å². The fourth-order valence-electron chi connectivity index (χ4n) is 3.15. The van der Waals surface area contributed by atoms with Gasteiger partial charge in [-0.25, -0.2) is 4.79 Å². The topological polar surface area (TPSA) is 105 Å². The van der Waals surface area contributed by atoms with Crippen molar-refractivity contribution in [1.82, 2.24) is 15.5 Å². The number of aliphatic hydroxyl groups is 1. The van der Waals surface area contributed by atoms with Gasteiger partial charge in [0, 0.05) is 31.7 Å². The summed E-state index contributed by atoms with van der Waals surface area (Å²) in [6.45, 7) is 4.15. The average Bonchev–Trinajstić information content (AvgIpc) is 2.76. The number of aliphatic imine (C=N–C) groups is 1. The lowest BCUT2D eigenvalue weighted by Crippen LogP contribution is -2.49. The van der Waals surface area contributed by atoms with E-state index in [0.29, 0.717) is 42.7 Å². The lowest BCUT2D eigenvalue weighted by Gasteiger charge is -2.32. The Kier molecular flexibility index (Phi) is 8.85. The van der Waals surface area contributed by atoms with Crippen LogP contribution in [0.3, 0.4) is 0 Å². The molecular weight excluding hydrogens is 376 g/mol. The maximum Gasteiger partial charge on any atom is 0.409 e. The number of amides is 1. The number of rotatable bonds is 7. The molecule has 162 valence electrons. The first-order valence-electron chi connectivity index (χ1n) is 9.79. The number of aliphatic hydroxyl groups excluding tert-OH is 1. The first kappa shape index (κ1) is 22.6. The van der Waals surface area contributed by atoms with Crippen molar-refractivity contribution in [2.24, 2.45) is 4.99 Å². The molecule has 0 spiro atoms. The molecule has 1 saturated heterocycles. The highest BCUT2D eigenvalue weighted by atomic mass is 16.5. The molecule has 9 nitrogen and oxygen atoms in total. The van der Waals surface area contributed by atoms with Gasteiger partial charge >= 0.3 is 6.09 Å². The highest BCUT2D eigenvalue weighted by Gasteiger charge is 2.23. The van der Waals surface area contributed by atoms with Crippen LogP contribution in [-0.4, -0.2) is 75.6 Å². The van der Waals surface area contributed by atoms with Crippen LogP contribution >= 0.6 is 0 Å². The minimum absolute atomic E-state index is 0.187. The van der Waals surface area contributed by atoms with Crippen molar-refractivity contribution in [2.75, 3.05) is 47.5 Å². The number of likely N-dealkylation sites (tertiary alicyclic amines) is 1. The second kappa shape index (κ2) is 11.4. The number of carbonyl (C=O) groups is 1. The number of nitrogens with one attached hydrogen (secondary N) is 2. The van der Waals surface area contributed by atoms with Gasteiger partial charge in [0.05, 0.1) is 34.0 Å². The van der Waals surface area contributed by atoms with Gasteiger partial charge in [0.1, 0.15) is 11.5 Å². The molecule has 1 aromatic carbocycles. The van der Waals surface area contributed by atoms with Crippen molar-refractivity contribution >= 4 is 12.1 Å².